The first-order valence-electron chi connectivity index (χ1n) is 3.35. The van der Waals surface area contributed by atoms with E-state index >= 15 is 0 Å². The summed E-state index contributed by atoms with van der Waals surface area (Å²) >= 11 is 0. The predicted octanol–water partition coefficient (Wildman–Crippen LogP) is 0.194. The highest BCUT2D eigenvalue weighted by molar-refractivity contribution is 5.99. The van der Waals surface area contributed by atoms with E-state index in [2.05, 4.69) is 15.6 Å². The Morgan fingerprint density at radius 3 is 3.18 bits per heavy atom. The highest BCUT2D eigenvalue weighted by atomic mass is 16.2. The van der Waals surface area contributed by atoms with Crippen molar-refractivity contribution in [2.24, 2.45) is 0 Å². The summed E-state index contributed by atoms with van der Waals surface area (Å²) in [6.07, 6.45) is 1.60. The van der Waals surface area contributed by atoms with Crippen molar-refractivity contribution >= 4 is 11.6 Å². The van der Waals surface area contributed by atoms with Crippen LogP contribution in [0.3, 0.4) is 0 Å². The molecule has 0 atom stereocenters. The van der Waals surface area contributed by atoms with E-state index < -0.39 is 0 Å². The van der Waals surface area contributed by atoms with Gasteiger partial charge in [-0.3, -0.25) is 4.79 Å². The van der Waals surface area contributed by atoms with Gasteiger partial charge >= 0.3 is 0 Å². The van der Waals surface area contributed by atoms with Gasteiger partial charge < -0.3 is 10.6 Å². The Morgan fingerprint density at radius 1 is 1.45 bits per heavy atom. The monoisotopic (exact) mass is 149 g/mol. The van der Waals surface area contributed by atoms with Gasteiger partial charge in [-0.1, -0.05) is 0 Å². The highest BCUT2D eigenvalue weighted by Gasteiger charge is 2.15. The lowest BCUT2D eigenvalue weighted by Crippen LogP contribution is -2.35. The number of anilines is 1. The lowest BCUT2D eigenvalue weighted by Gasteiger charge is -2.16. The number of hydrogen-bond acceptors (Lipinski definition) is 3. The maximum atomic E-state index is 11.1. The summed E-state index contributed by atoms with van der Waals surface area (Å²) in [7, 11) is 0. The topological polar surface area (TPSA) is 54.0 Å². The van der Waals surface area contributed by atoms with Gasteiger partial charge in [0, 0.05) is 6.20 Å². The Kier molecular flexibility index (Phi) is 1.25. The van der Waals surface area contributed by atoms with E-state index in [4.69, 9.17) is 0 Å². The van der Waals surface area contributed by atoms with Crippen LogP contribution in [0.1, 0.15) is 10.5 Å². The fourth-order valence-corrected chi connectivity index (χ4v) is 1.03. The van der Waals surface area contributed by atoms with Crippen molar-refractivity contribution in [3.8, 4) is 0 Å². The van der Waals surface area contributed by atoms with Gasteiger partial charge in [0.2, 0.25) is 0 Å². The zero-order valence-corrected chi connectivity index (χ0v) is 5.79. The van der Waals surface area contributed by atoms with Crippen molar-refractivity contribution in [2.45, 2.75) is 0 Å². The van der Waals surface area contributed by atoms with Crippen LogP contribution in [0.15, 0.2) is 18.3 Å². The molecule has 0 bridgehead atoms. The molecule has 1 aliphatic heterocycles. The Balaban J connectivity index is 2.52. The number of pyridine rings is 1. The van der Waals surface area contributed by atoms with E-state index in [0.29, 0.717) is 12.4 Å². The summed E-state index contributed by atoms with van der Waals surface area (Å²) in [5.41, 5.74) is 1.27. The third kappa shape index (κ3) is 0.920. The average Bonchev–Trinajstić information content (AvgIpc) is 2.06. The second kappa shape index (κ2) is 2.23. The summed E-state index contributed by atoms with van der Waals surface area (Å²) in [6, 6.07) is 3.63. The summed E-state index contributed by atoms with van der Waals surface area (Å²) in [4.78, 5) is 15.0. The molecule has 1 aromatic rings. The Morgan fingerprint density at radius 2 is 2.36 bits per heavy atom. The maximum absolute atomic E-state index is 11.1. The molecule has 0 fully saturated rings. The van der Waals surface area contributed by atoms with Crippen LogP contribution >= 0.6 is 0 Å². The number of nitrogens with zero attached hydrogens (tertiary/aromatic N) is 1. The van der Waals surface area contributed by atoms with Gasteiger partial charge in [0.15, 0.2) is 5.69 Å². The quantitative estimate of drug-likeness (QED) is 0.553. The minimum absolute atomic E-state index is 0.112. The van der Waals surface area contributed by atoms with Gasteiger partial charge in [0.25, 0.3) is 5.91 Å². The van der Waals surface area contributed by atoms with Crippen LogP contribution in [0, 0.1) is 0 Å². The number of carbonyl (C=O) groups is 1. The zero-order valence-electron chi connectivity index (χ0n) is 5.79. The second-order valence-electron chi connectivity index (χ2n) is 2.26. The first kappa shape index (κ1) is 6.15. The van der Waals surface area contributed by atoms with Crippen LogP contribution in [0.25, 0.3) is 0 Å². The number of aromatic nitrogens is 1. The first-order chi connectivity index (χ1) is 5.38. The lowest BCUT2D eigenvalue weighted by molar-refractivity contribution is 0.0947. The molecule has 4 heteroatoms. The Labute approximate surface area is 63.6 Å². The van der Waals surface area contributed by atoms with Crippen LogP contribution in [-0.2, 0) is 0 Å². The minimum Gasteiger partial charge on any atom is -0.366 e. The SMILES string of the molecule is O=C1NCNc2cccnc21. The van der Waals surface area contributed by atoms with Gasteiger partial charge in [-0.2, -0.15) is 0 Å². The van der Waals surface area contributed by atoms with Crippen LogP contribution in [-0.4, -0.2) is 17.6 Å². The third-order valence-corrected chi connectivity index (χ3v) is 1.55. The molecule has 4 nitrogen and oxygen atoms in total. The van der Waals surface area contributed by atoms with E-state index in [1.54, 1.807) is 12.3 Å². The molecule has 56 valence electrons. The maximum Gasteiger partial charge on any atom is 0.273 e. The van der Waals surface area contributed by atoms with E-state index in [-0.39, 0.29) is 5.91 Å². The molecular weight excluding hydrogens is 142 g/mol. The van der Waals surface area contributed by atoms with E-state index in [1.165, 1.54) is 0 Å². The number of nitrogens with one attached hydrogen (secondary N) is 2. The Hall–Kier alpha value is -1.58. The average molecular weight is 149 g/mol. The van der Waals surface area contributed by atoms with Crippen molar-refractivity contribution in [3.05, 3.63) is 24.0 Å². The molecule has 11 heavy (non-hydrogen) atoms. The van der Waals surface area contributed by atoms with Gasteiger partial charge in [-0.05, 0) is 12.1 Å². The largest absolute Gasteiger partial charge is 0.366 e. The van der Waals surface area contributed by atoms with E-state index in [9.17, 15) is 4.79 Å². The number of amides is 1. The molecule has 0 radical (unpaired) electrons. The highest BCUT2D eigenvalue weighted by Crippen LogP contribution is 2.13. The number of rotatable bonds is 0. The first-order valence-corrected chi connectivity index (χ1v) is 3.35. The normalized spacial score (nSPS) is 14.7. The van der Waals surface area contributed by atoms with E-state index in [0.717, 1.165) is 5.69 Å². The van der Waals surface area contributed by atoms with Crippen LogP contribution in [0.4, 0.5) is 5.69 Å². The van der Waals surface area contributed by atoms with Crippen molar-refractivity contribution in [3.63, 3.8) is 0 Å². The van der Waals surface area contributed by atoms with E-state index in [1.807, 2.05) is 6.07 Å². The molecule has 1 aromatic heterocycles. The van der Waals surface area contributed by atoms with Crippen LogP contribution < -0.4 is 10.6 Å². The van der Waals surface area contributed by atoms with Gasteiger partial charge in [-0.25, -0.2) is 4.98 Å². The van der Waals surface area contributed by atoms with Crippen molar-refractivity contribution in [2.75, 3.05) is 12.0 Å². The van der Waals surface area contributed by atoms with Crippen molar-refractivity contribution in [1.29, 1.82) is 0 Å². The fourth-order valence-electron chi connectivity index (χ4n) is 1.03. The Bertz CT molecular complexity index is 297. The molecule has 0 saturated heterocycles. The minimum atomic E-state index is -0.112. The molecule has 1 amide bonds. The molecule has 0 spiro atoms. The van der Waals surface area contributed by atoms with Crippen LogP contribution in [0.5, 0.6) is 0 Å². The summed E-state index contributed by atoms with van der Waals surface area (Å²) in [5, 5.41) is 5.62. The molecular formula is C7H7N3O. The zero-order chi connectivity index (χ0) is 7.68. The van der Waals surface area contributed by atoms with Crippen molar-refractivity contribution in [1.82, 2.24) is 10.3 Å². The third-order valence-electron chi connectivity index (χ3n) is 1.55. The molecule has 2 N–H and O–H groups in total. The molecule has 2 heterocycles. The van der Waals surface area contributed by atoms with Crippen molar-refractivity contribution < 1.29 is 4.79 Å². The van der Waals surface area contributed by atoms with Gasteiger partial charge in [0.05, 0.1) is 12.4 Å². The van der Waals surface area contributed by atoms with Crippen LogP contribution in [0.2, 0.25) is 0 Å². The molecule has 1 aliphatic rings. The molecule has 0 unspecified atom stereocenters. The predicted molar refractivity (Wildman–Crippen MR) is 40.2 cm³/mol. The summed E-state index contributed by atoms with van der Waals surface area (Å²) in [6.45, 7) is 0.484. The standard InChI is InChI=1S/C7H7N3O/c11-7-6-5(9-4-10-7)2-1-3-8-6/h1-3,9H,4H2,(H,10,11). The fraction of sp³-hybridized carbons (Fsp3) is 0.143. The lowest BCUT2D eigenvalue weighted by atomic mass is 10.2. The molecule has 0 aliphatic carbocycles. The number of hydrogen-bond donors (Lipinski definition) is 2. The van der Waals surface area contributed by atoms with Gasteiger partial charge in [0.1, 0.15) is 0 Å². The summed E-state index contributed by atoms with van der Waals surface area (Å²) < 4.78 is 0. The summed E-state index contributed by atoms with van der Waals surface area (Å²) in [5.74, 6) is -0.112. The number of carbonyl (C=O) groups excluding carboxylic acids is 1. The molecule has 0 aromatic carbocycles. The number of fused-ring (bicyclic) bond motifs is 1. The second-order valence-corrected chi connectivity index (χ2v) is 2.26. The van der Waals surface area contributed by atoms with Gasteiger partial charge in [-0.15, -0.1) is 0 Å². The smallest absolute Gasteiger partial charge is 0.273 e. The molecule has 2 rings (SSSR count). The molecule has 0 saturated carbocycles.